The second-order valence-electron chi connectivity index (χ2n) is 3.25. The second kappa shape index (κ2) is 3.91. The van der Waals surface area contributed by atoms with Gasteiger partial charge in [0.05, 0.1) is 0 Å². The Morgan fingerprint density at radius 3 is 2.56 bits per heavy atom. The fourth-order valence-electron chi connectivity index (χ4n) is 1.50. The minimum atomic E-state index is -0.582. The largest absolute Gasteiger partial charge is 0.494 e. The third-order valence-electron chi connectivity index (χ3n) is 2.22. The average molecular weight is 212 g/mol. The summed E-state index contributed by atoms with van der Waals surface area (Å²) in [7, 11) is 0. The number of aromatic hydroxyl groups is 1. The Morgan fingerprint density at radius 2 is 1.94 bits per heavy atom. The Balaban J connectivity index is 2.75. The number of aromatic nitrogens is 1. The third kappa shape index (κ3) is 1.66. The quantitative estimate of drug-likeness (QED) is 0.754. The Hall–Kier alpha value is -2.54. The van der Waals surface area contributed by atoms with Crippen LogP contribution >= 0.6 is 0 Å². The van der Waals surface area contributed by atoms with E-state index in [0.717, 1.165) is 5.56 Å². The predicted octanol–water partition coefficient (Wildman–Crippen LogP) is 1.62. The van der Waals surface area contributed by atoms with Crippen LogP contribution in [0.25, 0.3) is 11.1 Å². The van der Waals surface area contributed by atoms with Crippen LogP contribution in [0.2, 0.25) is 0 Å². The van der Waals surface area contributed by atoms with Crippen LogP contribution < -0.4 is 5.56 Å². The monoisotopic (exact) mass is 212 g/mol. The van der Waals surface area contributed by atoms with E-state index >= 15 is 0 Å². The maximum absolute atomic E-state index is 11.4. The van der Waals surface area contributed by atoms with Crippen molar-refractivity contribution in [3.8, 4) is 23.1 Å². The molecule has 1 heterocycles. The highest BCUT2D eigenvalue weighted by Crippen LogP contribution is 2.22. The molecule has 4 heteroatoms. The molecule has 1 aromatic carbocycles. The molecule has 0 amide bonds. The van der Waals surface area contributed by atoms with Gasteiger partial charge in [-0.2, -0.15) is 5.26 Å². The molecule has 0 radical (unpaired) electrons. The van der Waals surface area contributed by atoms with Gasteiger partial charge in [0.25, 0.3) is 5.56 Å². The van der Waals surface area contributed by atoms with E-state index in [1.165, 1.54) is 6.07 Å². The number of hydrogen-bond acceptors (Lipinski definition) is 3. The molecule has 0 fully saturated rings. The molecule has 16 heavy (non-hydrogen) atoms. The molecular weight excluding hydrogens is 204 g/mol. The summed E-state index contributed by atoms with van der Waals surface area (Å²) in [5.74, 6) is -0.247. The van der Waals surface area contributed by atoms with Crippen molar-refractivity contribution in [1.29, 1.82) is 5.26 Å². The van der Waals surface area contributed by atoms with Crippen LogP contribution in [-0.4, -0.2) is 10.1 Å². The molecule has 0 atom stereocenters. The van der Waals surface area contributed by atoms with Crippen molar-refractivity contribution in [3.05, 3.63) is 52.3 Å². The van der Waals surface area contributed by atoms with E-state index in [4.69, 9.17) is 5.26 Å². The first kappa shape index (κ1) is 9.99. The lowest BCUT2D eigenvalue weighted by atomic mass is 10.0. The molecule has 0 unspecified atom stereocenters. The van der Waals surface area contributed by atoms with Crippen molar-refractivity contribution >= 4 is 0 Å². The van der Waals surface area contributed by atoms with Gasteiger partial charge >= 0.3 is 0 Å². The summed E-state index contributed by atoms with van der Waals surface area (Å²) in [6, 6.07) is 12.2. The number of pyridine rings is 1. The summed E-state index contributed by atoms with van der Waals surface area (Å²) >= 11 is 0. The van der Waals surface area contributed by atoms with Crippen LogP contribution in [-0.2, 0) is 0 Å². The molecule has 2 N–H and O–H groups in total. The summed E-state index contributed by atoms with van der Waals surface area (Å²) in [6.45, 7) is 0. The lowest BCUT2D eigenvalue weighted by Gasteiger charge is -2.03. The molecule has 0 saturated heterocycles. The fraction of sp³-hybridized carbons (Fsp3) is 0. The Bertz CT molecular complexity index is 609. The van der Waals surface area contributed by atoms with Crippen LogP contribution in [0, 0.1) is 11.3 Å². The first-order valence-corrected chi connectivity index (χ1v) is 4.64. The van der Waals surface area contributed by atoms with Crippen LogP contribution in [0.3, 0.4) is 0 Å². The minimum absolute atomic E-state index is 0.00370. The lowest BCUT2D eigenvalue weighted by Crippen LogP contribution is -2.10. The van der Waals surface area contributed by atoms with E-state index in [2.05, 4.69) is 4.98 Å². The van der Waals surface area contributed by atoms with Gasteiger partial charge in [0, 0.05) is 11.6 Å². The number of nitrogens with one attached hydrogen (secondary N) is 1. The minimum Gasteiger partial charge on any atom is -0.494 e. The molecule has 4 nitrogen and oxygen atoms in total. The zero-order valence-corrected chi connectivity index (χ0v) is 8.27. The molecule has 0 saturated carbocycles. The molecule has 0 spiro atoms. The van der Waals surface area contributed by atoms with Crippen LogP contribution in [0.15, 0.2) is 41.2 Å². The highest BCUT2D eigenvalue weighted by Gasteiger charge is 2.10. The van der Waals surface area contributed by atoms with Gasteiger partial charge in [0.2, 0.25) is 0 Å². The van der Waals surface area contributed by atoms with Crippen LogP contribution in [0.1, 0.15) is 5.56 Å². The van der Waals surface area contributed by atoms with E-state index < -0.39 is 5.56 Å². The van der Waals surface area contributed by atoms with Gasteiger partial charge in [0.1, 0.15) is 11.6 Å². The van der Waals surface area contributed by atoms with E-state index in [0.29, 0.717) is 5.56 Å². The Labute approximate surface area is 91.4 Å². The molecule has 1 aromatic heterocycles. The molecule has 2 rings (SSSR count). The highest BCUT2D eigenvalue weighted by atomic mass is 16.3. The summed E-state index contributed by atoms with van der Waals surface area (Å²) in [5.41, 5.74) is 0.579. The second-order valence-corrected chi connectivity index (χ2v) is 3.25. The van der Waals surface area contributed by atoms with Gasteiger partial charge in [-0.15, -0.1) is 0 Å². The van der Waals surface area contributed by atoms with Crippen LogP contribution in [0.5, 0.6) is 5.88 Å². The smallest absolute Gasteiger partial charge is 0.269 e. The molecule has 2 aromatic rings. The highest BCUT2D eigenvalue weighted by molar-refractivity contribution is 5.70. The van der Waals surface area contributed by atoms with Crippen molar-refractivity contribution < 1.29 is 5.11 Å². The van der Waals surface area contributed by atoms with Crippen molar-refractivity contribution in [2.45, 2.75) is 0 Å². The summed E-state index contributed by atoms with van der Waals surface area (Å²) in [6.07, 6.45) is 0. The summed E-state index contributed by atoms with van der Waals surface area (Å²) in [4.78, 5) is 13.6. The standard InChI is InChI=1S/C12H8N2O2/c13-7-10-9(6-11(15)14-12(10)16)8-4-2-1-3-5-8/h1-6H,(H2,14,15,16). The first-order valence-electron chi connectivity index (χ1n) is 4.64. The van der Waals surface area contributed by atoms with E-state index in [9.17, 15) is 9.90 Å². The number of benzene rings is 1. The van der Waals surface area contributed by atoms with Gasteiger partial charge in [-0.1, -0.05) is 30.3 Å². The SMILES string of the molecule is N#Cc1c(-c2ccccc2)cc(O)[nH]c1=O. The van der Waals surface area contributed by atoms with Gasteiger partial charge in [-0.3, -0.25) is 9.78 Å². The summed E-state index contributed by atoms with van der Waals surface area (Å²) < 4.78 is 0. The van der Waals surface area contributed by atoms with Crippen LogP contribution in [0.4, 0.5) is 0 Å². The van der Waals surface area contributed by atoms with Crippen molar-refractivity contribution in [2.75, 3.05) is 0 Å². The lowest BCUT2D eigenvalue weighted by molar-refractivity contribution is 0.452. The van der Waals surface area contributed by atoms with Crippen molar-refractivity contribution in [3.63, 3.8) is 0 Å². The number of nitriles is 1. The fourth-order valence-corrected chi connectivity index (χ4v) is 1.50. The summed E-state index contributed by atoms with van der Waals surface area (Å²) in [5, 5.41) is 18.2. The van der Waals surface area contributed by atoms with Crippen molar-refractivity contribution in [2.24, 2.45) is 0 Å². The average Bonchev–Trinajstić information content (AvgIpc) is 2.29. The third-order valence-corrected chi connectivity index (χ3v) is 2.22. The number of nitrogens with zero attached hydrogens (tertiary/aromatic N) is 1. The van der Waals surface area contributed by atoms with E-state index in [1.807, 2.05) is 12.1 Å². The van der Waals surface area contributed by atoms with E-state index in [1.54, 1.807) is 24.3 Å². The topological polar surface area (TPSA) is 76.9 Å². The molecule has 78 valence electrons. The molecular formula is C12H8N2O2. The maximum Gasteiger partial charge on any atom is 0.269 e. The predicted molar refractivity (Wildman–Crippen MR) is 58.9 cm³/mol. The molecule has 0 aliphatic rings. The van der Waals surface area contributed by atoms with Gasteiger partial charge in [0.15, 0.2) is 5.88 Å². The zero-order valence-electron chi connectivity index (χ0n) is 8.27. The molecule has 0 aliphatic heterocycles. The molecule has 0 bridgehead atoms. The number of aromatic amines is 1. The van der Waals surface area contributed by atoms with Gasteiger partial charge < -0.3 is 5.11 Å². The Kier molecular flexibility index (Phi) is 2.44. The molecule has 0 aliphatic carbocycles. The zero-order chi connectivity index (χ0) is 11.5. The van der Waals surface area contributed by atoms with Gasteiger partial charge in [-0.25, -0.2) is 0 Å². The van der Waals surface area contributed by atoms with Gasteiger partial charge in [-0.05, 0) is 5.56 Å². The number of rotatable bonds is 1. The maximum atomic E-state index is 11.4. The normalized spacial score (nSPS) is 9.69. The van der Waals surface area contributed by atoms with E-state index in [-0.39, 0.29) is 11.4 Å². The number of hydrogen-bond donors (Lipinski definition) is 2. The first-order chi connectivity index (χ1) is 7.72. The number of H-pyrrole nitrogens is 1. The Morgan fingerprint density at radius 1 is 1.25 bits per heavy atom. The van der Waals surface area contributed by atoms with Crippen molar-refractivity contribution in [1.82, 2.24) is 4.98 Å².